The normalized spacial score (nSPS) is 9.93. The summed E-state index contributed by atoms with van der Waals surface area (Å²) in [5.41, 5.74) is 5.39. The fourth-order valence-electron chi connectivity index (χ4n) is 1.15. The number of rotatable bonds is 6. The molecule has 0 aromatic heterocycles. The van der Waals surface area contributed by atoms with Gasteiger partial charge in [-0.25, -0.2) is 0 Å². The van der Waals surface area contributed by atoms with Crippen molar-refractivity contribution >= 4 is 33.1 Å². The summed E-state index contributed by atoms with van der Waals surface area (Å²) in [6.07, 6.45) is 2.77. The fourth-order valence-corrected chi connectivity index (χ4v) is 1.67. The SMILES string of the molecule is NC(=S)CCCCOc1cccc(Br)c1. The number of ether oxygens (including phenoxy) is 1. The Hall–Kier alpha value is -0.610. The van der Waals surface area contributed by atoms with E-state index in [9.17, 15) is 0 Å². The number of hydrogen-bond acceptors (Lipinski definition) is 2. The van der Waals surface area contributed by atoms with E-state index in [0.29, 0.717) is 11.6 Å². The molecule has 0 saturated heterocycles. The van der Waals surface area contributed by atoms with Crippen LogP contribution >= 0.6 is 28.1 Å². The molecule has 0 fully saturated rings. The molecule has 0 aliphatic rings. The molecule has 0 heterocycles. The van der Waals surface area contributed by atoms with Crippen molar-refractivity contribution in [2.45, 2.75) is 19.3 Å². The van der Waals surface area contributed by atoms with Crippen molar-refractivity contribution in [1.29, 1.82) is 0 Å². The molecular formula is C11H14BrNOS. The first kappa shape index (κ1) is 12.5. The molecule has 1 aromatic rings. The highest BCUT2D eigenvalue weighted by atomic mass is 79.9. The maximum absolute atomic E-state index is 5.55. The third-order valence-corrected chi connectivity index (χ3v) is 2.58. The summed E-state index contributed by atoms with van der Waals surface area (Å²) in [5.74, 6) is 0.889. The Balaban J connectivity index is 2.17. The minimum Gasteiger partial charge on any atom is -0.494 e. The van der Waals surface area contributed by atoms with Crippen molar-refractivity contribution < 1.29 is 4.74 Å². The topological polar surface area (TPSA) is 35.2 Å². The Morgan fingerprint density at radius 3 is 2.87 bits per heavy atom. The van der Waals surface area contributed by atoms with Gasteiger partial charge >= 0.3 is 0 Å². The lowest BCUT2D eigenvalue weighted by Crippen LogP contribution is -2.07. The second-order valence-corrected chi connectivity index (χ2v) is 4.67. The van der Waals surface area contributed by atoms with Gasteiger partial charge < -0.3 is 10.5 Å². The molecule has 0 unspecified atom stereocenters. The van der Waals surface area contributed by atoms with Crippen molar-refractivity contribution in [3.63, 3.8) is 0 Å². The van der Waals surface area contributed by atoms with Crippen LogP contribution in [0, 0.1) is 0 Å². The number of hydrogen-bond donors (Lipinski definition) is 1. The molecule has 2 nitrogen and oxygen atoms in total. The van der Waals surface area contributed by atoms with E-state index in [1.165, 1.54) is 0 Å². The third-order valence-electron chi connectivity index (χ3n) is 1.88. The number of benzene rings is 1. The monoisotopic (exact) mass is 287 g/mol. The van der Waals surface area contributed by atoms with Gasteiger partial charge in [-0.05, 0) is 37.5 Å². The van der Waals surface area contributed by atoms with Gasteiger partial charge in [0.2, 0.25) is 0 Å². The number of nitrogens with two attached hydrogens (primary N) is 1. The van der Waals surface area contributed by atoms with E-state index >= 15 is 0 Å². The number of unbranched alkanes of at least 4 members (excludes halogenated alkanes) is 1. The zero-order chi connectivity index (χ0) is 11.1. The van der Waals surface area contributed by atoms with E-state index in [0.717, 1.165) is 29.5 Å². The molecule has 4 heteroatoms. The van der Waals surface area contributed by atoms with Crippen molar-refractivity contribution in [3.8, 4) is 5.75 Å². The largest absolute Gasteiger partial charge is 0.494 e. The van der Waals surface area contributed by atoms with E-state index in [-0.39, 0.29) is 0 Å². The maximum Gasteiger partial charge on any atom is 0.120 e. The average molecular weight is 288 g/mol. The van der Waals surface area contributed by atoms with E-state index < -0.39 is 0 Å². The first-order valence-electron chi connectivity index (χ1n) is 4.85. The van der Waals surface area contributed by atoms with Gasteiger partial charge in [-0.3, -0.25) is 0 Å². The highest BCUT2D eigenvalue weighted by Gasteiger charge is 1.95. The van der Waals surface area contributed by atoms with Crippen molar-refractivity contribution in [1.82, 2.24) is 0 Å². The fraction of sp³-hybridized carbons (Fsp3) is 0.364. The molecule has 0 radical (unpaired) electrons. The number of thiocarbonyl (C=S) groups is 1. The summed E-state index contributed by atoms with van der Waals surface area (Å²) in [4.78, 5) is 0.581. The van der Waals surface area contributed by atoms with Crippen LogP contribution in [0.15, 0.2) is 28.7 Å². The van der Waals surface area contributed by atoms with Gasteiger partial charge in [0.15, 0.2) is 0 Å². The molecule has 0 aliphatic carbocycles. The zero-order valence-electron chi connectivity index (χ0n) is 8.41. The van der Waals surface area contributed by atoms with Crippen LogP contribution < -0.4 is 10.5 Å². The van der Waals surface area contributed by atoms with Crippen molar-refractivity contribution in [2.75, 3.05) is 6.61 Å². The van der Waals surface area contributed by atoms with Crippen LogP contribution in [0.5, 0.6) is 5.75 Å². The van der Waals surface area contributed by atoms with Crippen molar-refractivity contribution in [3.05, 3.63) is 28.7 Å². The van der Waals surface area contributed by atoms with Crippen LogP contribution in [0.1, 0.15) is 19.3 Å². The summed E-state index contributed by atoms with van der Waals surface area (Å²) < 4.78 is 6.59. The van der Waals surface area contributed by atoms with Crippen LogP contribution in [0.3, 0.4) is 0 Å². The summed E-state index contributed by atoms with van der Waals surface area (Å²) in [6, 6.07) is 7.82. The van der Waals surface area contributed by atoms with Crippen LogP contribution in [-0.4, -0.2) is 11.6 Å². The minimum absolute atomic E-state index is 0.581. The lowest BCUT2D eigenvalue weighted by Gasteiger charge is -2.05. The zero-order valence-corrected chi connectivity index (χ0v) is 10.8. The Morgan fingerprint density at radius 2 is 2.20 bits per heavy atom. The first-order valence-corrected chi connectivity index (χ1v) is 6.05. The van der Waals surface area contributed by atoms with E-state index in [1.807, 2.05) is 24.3 Å². The predicted octanol–water partition coefficient (Wildman–Crippen LogP) is 3.28. The van der Waals surface area contributed by atoms with E-state index in [1.54, 1.807) is 0 Å². The highest BCUT2D eigenvalue weighted by molar-refractivity contribution is 9.10. The van der Waals surface area contributed by atoms with Crippen LogP contribution in [0.25, 0.3) is 0 Å². The second-order valence-electron chi connectivity index (χ2n) is 3.23. The Kier molecular flexibility index (Phi) is 5.65. The van der Waals surface area contributed by atoms with Gasteiger partial charge in [0, 0.05) is 4.47 Å². The van der Waals surface area contributed by atoms with Gasteiger partial charge in [-0.2, -0.15) is 0 Å². The van der Waals surface area contributed by atoms with Crippen LogP contribution in [0.4, 0.5) is 0 Å². The molecular weight excluding hydrogens is 274 g/mol. The molecule has 0 spiro atoms. The molecule has 2 N–H and O–H groups in total. The molecule has 15 heavy (non-hydrogen) atoms. The summed E-state index contributed by atoms with van der Waals surface area (Å²) in [7, 11) is 0. The molecule has 1 aromatic carbocycles. The second kappa shape index (κ2) is 6.80. The summed E-state index contributed by atoms with van der Waals surface area (Å²) >= 11 is 8.18. The first-order chi connectivity index (χ1) is 7.18. The Labute approximate surface area is 104 Å². The van der Waals surface area contributed by atoms with Gasteiger partial charge in [0.1, 0.15) is 5.75 Å². The smallest absolute Gasteiger partial charge is 0.120 e. The average Bonchev–Trinajstić information content (AvgIpc) is 2.17. The quantitative estimate of drug-likeness (QED) is 0.644. The van der Waals surface area contributed by atoms with Gasteiger partial charge in [0.25, 0.3) is 0 Å². The van der Waals surface area contributed by atoms with Crippen molar-refractivity contribution in [2.24, 2.45) is 5.73 Å². The van der Waals surface area contributed by atoms with E-state index in [2.05, 4.69) is 15.9 Å². The van der Waals surface area contributed by atoms with Crippen LogP contribution in [-0.2, 0) is 0 Å². The molecule has 0 aliphatic heterocycles. The minimum atomic E-state index is 0.581. The third kappa shape index (κ3) is 5.74. The van der Waals surface area contributed by atoms with Gasteiger partial charge in [-0.1, -0.05) is 34.2 Å². The van der Waals surface area contributed by atoms with Crippen LogP contribution in [0.2, 0.25) is 0 Å². The molecule has 0 amide bonds. The lowest BCUT2D eigenvalue weighted by atomic mass is 10.2. The van der Waals surface area contributed by atoms with Gasteiger partial charge in [0.05, 0.1) is 11.6 Å². The molecule has 1 rings (SSSR count). The summed E-state index contributed by atoms with van der Waals surface area (Å²) in [6.45, 7) is 0.707. The Bertz CT molecular complexity index is 330. The van der Waals surface area contributed by atoms with Gasteiger partial charge in [-0.15, -0.1) is 0 Å². The predicted molar refractivity (Wildman–Crippen MR) is 70.3 cm³/mol. The molecule has 0 bridgehead atoms. The standard InChI is InChI=1S/C11H14BrNOS/c12-9-4-3-5-10(8-9)14-7-2-1-6-11(13)15/h3-5,8H,1-2,6-7H2,(H2,13,15). The molecule has 0 atom stereocenters. The highest BCUT2D eigenvalue weighted by Crippen LogP contribution is 2.17. The van der Waals surface area contributed by atoms with E-state index in [4.69, 9.17) is 22.7 Å². The number of halogens is 1. The maximum atomic E-state index is 5.55. The molecule has 82 valence electrons. The summed E-state index contributed by atoms with van der Waals surface area (Å²) in [5, 5.41) is 0. The Morgan fingerprint density at radius 1 is 1.40 bits per heavy atom. The molecule has 0 saturated carbocycles. The lowest BCUT2D eigenvalue weighted by molar-refractivity contribution is 0.308.